The molecule has 11 aromatic carbocycles. The third kappa shape index (κ3) is 8.98. The van der Waals surface area contributed by atoms with Crippen LogP contribution in [-0.4, -0.2) is 18.7 Å². The van der Waals surface area contributed by atoms with Crippen molar-refractivity contribution in [3.8, 4) is 90.0 Å². The summed E-state index contributed by atoms with van der Waals surface area (Å²) in [5, 5.41) is 4.49. The molecule has 0 bridgehead atoms. The number of hydrogen-bond donors (Lipinski definition) is 0. The van der Waals surface area contributed by atoms with Crippen LogP contribution in [0.4, 0.5) is 0 Å². The maximum absolute atomic E-state index is 9.62. The number of rotatable bonds is 7. The van der Waals surface area contributed by atoms with E-state index in [4.69, 9.17) is 13.8 Å². The lowest BCUT2D eigenvalue weighted by Crippen LogP contribution is -2.32. The maximum atomic E-state index is 9.62. The molecule has 6 heteroatoms. The number of para-hydroxylation sites is 4. The lowest BCUT2D eigenvalue weighted by atomic mass is 9.78. The van der Waals surface area contributed by atoms with Crippen LogP contribution in [0.1, 0.15) is 85.9 Å². The topological polar surface area (TPSA) is 40.8 Å². The van der Waals surface area contributed by atoms with Crippen LogP contribution in [0, 0.1) is 6.33 Å². The van der Waals surface area contributed by atoms with Gasteiger partial charge in [-0.3, -0.25) is 13.7 Å². The van der Waals surface area contributed by atoms with Gasteiger partial charge >= 0.3 is 0 Å². The molecule has 0 unspecified atom stereocenters. The monoisotopic (exact) mass is 1170 g/mol. The summed E-state index contributed by atoms with van der Waals surface area (Å²) in [4.78, 5) is 4.97. The van der Waals surface area contributed by atoms with Crippen molar-refractivity contribution in [2.24, 2.45) is 0 Å². The van der Waals surface area contributed by atoms with Crippen molar-refractivity contribution in [1.82, 2.24) is 18.7 Å². The first-order valence-corrected chi connectivity index (χ1v) is 31.0. The Morgan fingerprint density at radius 1 is 0.400 bits per heavy atom. The Balaban J connectivity index is 1.01. The van der Waals surface area contributed by atoms with E-state index in [1.165, 1.54) is 16.7 Å². The van der Waals surface area contributed by atoms with Crippen molar-refractivity contribution >= 4 is 54.6 Å². The second-order valence-corrected chi connectivity index (χ2v) is 27.1. The van der Waals surface area contributed by atoms with Gasteiger partial charge in [-0.1, -0.05) is 232 Å². The minimum Gasteiger partial charge on any atom is -0.458 e. The second kappa shape index (κ2) is 20.5. The summed E-state index contributed by atoms with van der Waals surface area (Å²) in [6, 6.07) is 75.2. The molecule has 1 aliphatic heterocycles. The fourth-order valence-electron chi connectivity index (χ4n) is 13.7. The van der Waals surface area contributed by atoms with E-state index in [-0.39, 0.29) is 33.9 Å². The molecule has 0 spiro atoms. The number of benzene rings is 11. The first-order valence-electron chi connectivity index (χ1n) is 33.5. The molecule has 436 valence electrons. The quantitative estimate of drug-likeness (QED) is 0.118. The zero-order valence-corrected chi connectivity index (χ0v) is 52.0. The molecule has 4 aromatic heterocycles. The van der Waals surface area contributed by atoms with Gasteiger partial charge in [-0.25, -0.2) is 4.98 Å². The highest BCUT2D eigenvalue weighted by Gasteiger charge is 2.31. The summed E-state index contributed by atoms with van der Waals surface area (Å²) < 4.78 is 62.3. The van der Waals surface area contributed by atoms with Gasteiger partial charge in [0.05, 0.1) is 51.3 Å². The Kier molecular flexibility index (Phi) is 11.3. The van der Waals surface area contributed by atoms with E-state index in [1.54, 1.807) is 0 Å². The van der Waals surface area contributed by atoms with Crippen LogP contribution in [0.2, 0.25) is 0 Å². The van der Waals surface area contributed by atoms with Crippen LogP contribution in [0.15, 0.2) is 255 Å². The lowest BCUT2D eigenvalue weighted by Gasteiger charge is -2.27. The molecule has 0 amide bonds. The molecule has 0 N–H and O–H groups in total. The first kappa shape index (κ1) is 49.4. The SMILES string of the molecule is [2H]c1c([2H])c([2H])c(-c2cccc3c2-c2cccc(-c4cc(C(C)(C)C)cc(C(C)(C)C)c4)c2-[n+]2[c-]n(-c4cccc(Oc5ccc6c7ccccc7n(-c7cc(C(C)(C)C)ccn7)c6c5)c4)c4cc(-n5c6ccccc6c6ccccc65)cc(c42)-c2ccccc2-3)c([2H])c1[2H]. The molecular weight excluding hydrogens is 1090 g/mol. The predicted octanol–water partition coefficient (Wildman–Crippen LogP) is 21.6. The van der Waals surface area contributed by atoms with Crippen LogP contribution < -0.4 is 9.30 Å². The third-order valence-electron chi connectivity index (χ3n) is 18.2. The molecule has 0 atom stereocenters. The third-order valence-corrected chi connectivity index (χ3v) is 18.2. The zero-order valence-electron chi connectivity index (χ0n) is 57.0. The van der Waals surface area contributed by atoms with Crippen molar-refractivity contribution in [2.75, 3.05) is 0 Å². The summed E-state index contributed by atoms with van der Waals surface area (Å²) >= 11 is 0. The van der Waals surface area contributed by atoms with E-state index in [1.807, 2.05) is 36.5 Å². The average molecular weight is 1170 g/mol. The fourth-order valence-corrected chi connectivity index (χ4v) is 13.7. The number of fused-ring (bicyclic) bond motifs is 13. The Bertz CT molecular complexity index is 5620. The molecule has 90 heavy (non-hydrogen) atoms. The van der Waals surface area contributed by atoms with E-state index >= 15 is 0 Å². The zero-order chi connectivity index (χ0) is 65.7. The minimum absolute atomic E-state index is 0.0854. The van der Waals surface area contributed by atoms with Gasteiger partial charge < -0.3 is 9.30 Å². The first-order chi connectivity index (χ1) is 45.6. The molecule has 6 nitrogen and oxygen atoms in total. The normalized spacial score (nSPS) is 13.3. The highest BCUT2D eigenvalue weighted by Crippen LogP contribution is 2.50. The highest BCUT2D eigenvalue weighted by atomic mass is 16.5. The molecule has 0 aliphatic carbocycles. The van der Waals surface area contributed by atoms with Gasteiger partial charge in [-0.15, -0.1) is 0 Å². The largest absolute Gasteiger partial charge is 0.458 e. The summed E-state index contributed by atoms with van der Waals surface area (Å²) in [6.07, 6.45) is 5.99. The summed E-state index contributed by atoms with van der Waals surface area (Å²) in [7, 11) is 0. The van der Waals surface area contributed by atoms with Gasteiger partial charge in [0.1, 0.15) is 17.3 Å². The highest BCUT2D eigenvalue weighted by molar-refractivity contribution is 6.12. The minimum atomic E-state index is -0.445. The van der Waals surface area contributed by atoms with Crippen molar-refractivity contribution in [2.45, 2.75) is 78.6 Å². The van der Waals surface area contributed by atoms with Crippen molar-refractivity contribution in [3.05, 3.63) is 278 Å². The van der Waals surface area contributed by atoms with E-state index in [9.17, 15) is 2.74 Å². The van der Waals surface area contributed by atoms with Crippen LogP contribution in [0.25, 0.3) is 133 Å². The number of hydrogen-bond acceptors (Lipinski definition) is 2. The van der Waals surface area contributed by atoms with E-state index in [2.05, 4.69) is 275 Å². The molecule has 5 heterocycles. The summed E-state index contributed by atoms with van der Waals surface area (Å²) in [6.45, 7) is 20.2. The van der Waals surface area contributed by atoms with Crippen molar-refractivity contribution < 1.29 is 16.2 Å². The molecule has 0 saturated carbocycles. The average Bonchev–Trinajstić information content (AvgIpc) is 1.60. The Labute approximate surface area is 533 Å². The molecule has 0 fully saturated rings. The summed E-state index contributed by atoms with van der Waals surface area (Å²) in [5.74, 6) is 2.12. The fraction of sp³-hybridized carbons (Fsp3) is 0.143. The Hall–Kier alpha value is -10.6. The van der Waals surface area contributed by atoms with Crippen molar-refractivity contribution in [3.63, 3.8) is 0 Å². The van der Waals surface area contributed by atoms with E-state index in [0.717, 1.165) is 122 Å². The van der Waals surface area contributed by atoms with Gasteiger partial charge in [-0.05, 0) is 161 Å². The number of nitrogens with zero attached hydrogens (tertiary/aromatic N) is 5. The number of pyridine rings is 1. The van der Waals surface area contributed by atoms with Gasteiger partial charge in [-0.2, -0.15) is 0 Å². The smallest absolute Gasteiger partial charge is 0.269 e. The van der Waals surface area contributed by atoms with Gasteiger partial charge in [0.25, 0.3) is 6.33 Å². The number of aromatic nitrogens is 5. The van der Waals surface area contributed by atoms with Gasteiger partial charge in [0, 0.05) is 39.5 Å². The Morgan fingerprint density at radius 3 is 1.62 bits per heavy atom. The van der Waals surface area contributed by atoms with Crippen LogP contribution in [0.3, 0.4) is 0 Å². The maximum Gasteiger partial charge on any atom is 0.269 e. The Morgan fingerprint density at radius 2 is 0.956 bits per heavy atom. The molecule has 16 rings (SSSR count). The lowest BCUT2D eigenvalue weighted by molar-refractivity contribution is -0.570. The second-order valence-electron chi connectivity index (χ2n) is 27.1. The molecular formula is C84H69N5O. The van der Waals surface area contributed by atoms with Crippen molar-refractivity contribution in [1.29, 1.82) is 0 Å². The number of ether oxygens (including phenoxy) is 1. The number of imidazole rings is 1. The van der Waals surface area contributed by atoms with Crippen LogP contribution in [-0.2, 0) is 16.2 Å². The standard InChI is InChI=1S/C84H69N5O/c1-82(2,3)55-42-43-85-78(47-55)89-75-39-20-17-32-68(75)69-41-40-61(51-76(69)89)90-60-27-21-26-58(48-60)86-52-87-80-63(54-44-56(83(4,5)6)46-57(45-54)84(7,8)9)34-23-36-71(80)79-62(53-24-11-10-12-25-53)33-22-35-70(79)64-28-13-14-29-65(64)72-49-59(50-77(86)81(72)87)88-73-37-18-15-30-66(73)67-31-16-19-38-74(67)88/h10-51H,1-9H3/i10D,11D,12D,24D,25D. The van der Waals surface area contributed by atoms with Gasteiger partial charge in [0.15, 0.2) is 0 Å². The molecule has 1 aliphatic rings. The van der Waals surface area contributed by atoms with Crippen LogP contribution in [0.5, 0.6) is 11.5 Å². The predicted molar refractivity (Wildman–Crippen MR) is 373 cm³/mol. The molecule has 0 saturated heterocycles. The summed E-state index contributed by atoms with van der Waals surface area (Å²) in [5.41, 5.74) is 19.2. The molecule has 15 aromatic rings. The van der Waals surface area contributed by atoms with Gasteiger partial charge in [0.2, 0.25) is 0 Å². The van der Waals surface area contributed by atoms with E-state index in [0.29, 0.717) is 17.1 Å². The molecule has 0 radical (unpaired) electrons. The van der Waals surface area contributed by atoms with Crippen LogP contribution >= 0.6 is 0 Å². The van der Waals surface area contributed by atoms with E-state index < -0.39 is 18.1 Å².